The van der Waals surface area contributed by atoms with Crippen molar-refractivity contribution in [1.29, 1.82) is 0 Å². The van der Waals surface area contributed by atoms with Gasteiger partial charge in [0.05, 0.1) is 0 Å². The molecule has 0 fully saturated rings. The molecule has 0 radical (unpaired) electrons. The maximum atomic E-state index is 11.8. The van der Waals surface area contributed by atoms with Crippen molar-refractivity contribution in [3.8, 4) is 0 Å². The van der Waals surface area contributed by atoms with Gasteiger partial charge in [0.15, 0.2) is 0 Å². The van der Waals surface area contributed by atoms with Crippen LogP contribution in [-0.4, -0.2) is 28.9 Å². The van der Waals surface area contributed by atoms with Crippen LogP contribution < -0.4 is 0 Å². The van der Waals surface area contributed by atoms with Gasteiger partial charge in [0.2, 0.25) is 0 Å². The monoisotopic (exact) mass is 208 g/mol. The van der Waals surface area contributed by atoms with Crippen molar-refractivity contribution in [1.82, 2.24) is 0 Å². The molecule has 0 aliphatic carbocycles. The topological polar surface area (TPSA) is 58.9 Å². The Balaban J connectivity index is 4.04. The van der Waals surface area contributed by atoms with Gasteiger partial charge in [-0.3, -0.25) is 4.52 Å². The summed E-state index contributed by atoms with van der Waals surface area (Å²) in [5.41, 5.74) is 0. The summed E-state index contributed by atoms with van der Waals surface area (Å²) < 4.78 is 43.2. The third-order valence-electron chi connectivity index (χ3n) is 0.775. The molecule has 8 heteroatoms. The van der Waals surface area contributed by atoms with Gasteiger partial charge in [0.25, 0.3) is 6.29 Å². The average molecular weight is 208 g/mol. The first kappa shape index (κ1) is 12.1. The highest BCUT2D eigenvalue weighted by Gasteiger charge is 2.43. The zero-order chi connectivity index (χ0) is 9.78. The summed E-state index contributed by atoms with van der Waals surface area (Å²) >= 11 is 0. The molecule has 1 atom stereocenters. The van der Waals surface area contributed by atoms with Crippen molar-refractivity contribution in [2.24, 2.45) is 0 Å². The first-order valence-electron chi connectivity index (χ1n) is 2.91. The van der Waals surface area contributed by atoms with E-state index in [0.717, 1.165) is 0 Å². The maximum Gasteiger partial charge on any atom is 0.440 e. The van der Waals surface area contributed by atoms with Crippen molar-refractivity contribution in [3.05, 3.63) is 0 Å². The minimum atomic E-state index is -4.75. The van der Waals surface area contributed by atoms with Crippen LogP contribution in [0.5, 0.6) is 0 Å². The van der Waals surface area contributed by atoms with Crippen LogP contribution in [0.2, 0.25) is 0 Å². The second kappa shape index (κ2) is 4.94. The summed E-state index contributed by atoms with van der Waals surface area (Å²) in [6, 6.07) is 0. The molecule has 0 aromatic rings. The lowest BCUT2D eigenvalue weighted by atomic mass is 10.6. The molecule has 0 bridgehead atoms. The Hall–Kier alpha value is 0.0600. The zero-order valence-electron chi connectivity index (χ0n) is 6.08. The quantitative estimate of drug-likeness (QED) is 0.537. The molecule has 4 nitrogen and oxygen atoms in total. The van der Waals surface area contributed by atoms with Crippen LogP contribution in [0.1, 0.15) is 6.92 Å². The largest absolute Gasteiger partial charge is 0.440 e. The Kier molecular flexibility index (Phi) is 4.96. The summed E-state index contributed by atoms with van der Waals surface area (Å²) in [5.74, 6) is 0. The van der Waals surface area contributed by atoms with Crippen LogP contribution in [-0.2, 0) is 9.26 Å². The summed E-state index contributed by atoms with van der Waals surface area (Å²) in [5, 5.41) is 0. The van der Waals surface area contributed by atoms with Crippen molar-refractivity contribution < 1.29 is 32.2 Å². The molecule has 0 aromatic heterocycles. The van der Waals surface area contributed by atoms with E-state index >= 15 is 0 Å². The Morgan fingerprint density at radius 1 is 1.42 bits per heavy atom. The van der Waals surface area contributed by atoms with Gasteiger partial charge in [-0.05, 0) is 6.92 Å². The molecule has 0 rings (SSSR count). The number of halogens is 3. The van der Waals surface area contributed by atoms with Gasteiger partial charge < -0.3 is 14.5 Å². The molecule has 0 saturated heterocycles. The molecular weight excluding hydrogens is 200 g/mol. The van der Waals surface area contributed by atoms with Gasteiger partial charge in [-0.15, -0.1) is 0 Å². The highest BCUT2D eigenvalue weighted by Crippen LogP contribution is 2.34. The number of ether oxygens (including phenoxy) is 1. The highest BCUT2D eigenvalue weighted by molar-refractivity contribution is 7.39. The van der Waals surface area contributed by atoms with Crippen LogP contribution in [0, 0.1) is 0 Å². The fraction of sp³-hybridized carbons (Fsp3) is 1.00. The molecule has 0 heterocycles. The summed E-state index contributed by atoms with van der Waals surface area (Å²) in [6.07, 6.45) is -7.31. The lowest BCUT2D eigenvalue weighted by Crippen LogP contribution is -2.33. The molecule has 74 valence electrons. The Labute approximate surface area is 67.9 Å². The van der Waals surface area contributed by atoms with E-state index in [1.54, 1.807) is 0 Å². The molecule has 0 saturated carbocycles. The van der Waals surface area contributed by atoms with Gasteiger partial charge in [-0.25, -0.2) is 0 Å². The lowest BCUT2D eigenvalue weighted by Gasteiger charge is -2.19. The van der Waals surface area contributed by atoms with E-state index in [0.29, 0.717) is 0 Å². The van der Waals surface area contributed by atoms with Crippen LogP contribution >= 0.6 is 8.60 Å². The Morgan fingerprint density at radius 3 is 2.17 bits per heavy atom. The predicted octanol–water partition coefficient (Wildman–Crippen LogP) is 1.14. The molecule has 2 N–H and O–H groups in total. The van der Waals surface area contributed by atoms with Crippen molar-refractivity contribution in [2.45, 2.75) is 19.4 Å². The van der Waals surface area contributed by atoms with E-state index in [9.17, 15) is 13.2 Å². The first-order valence-corrected chi connectivity index (χ1v) is 4.07. The molecule has 0 aliphatic rings. The van der Waals surface area contributed by atoms with Crippen LogP contribution in [0.4, 0.5) is 13.2 Å². The third-order valence-corrected chi connectivity index (χ3v) is 1.16. The van der Waals surface area contributed by atoms with E-state index in [-0.39, 0.29) is 6.61 Å². The zero-order valence-corrected chi connectivity index (χ0v) is 6.97. The van der Waals surface area contributed by atoms with E-state index in [1.165, 1.54) is 6.92 Å². The van der Waals surface area contributed by atoms with E-state index in [2.05, 4.69) is 9.26 Å². The van der Waals surface area contributed by atoms with Crippen molar-refractivity contribution >= 4 is 8.60 Å². The molecule has 0 amide bonds. The number of alkyl halides is 3. The fourth-order valence-corrected chi connectivity index (χ4v) is 0.773. The van der Waals surface area contributed by atoms with Gasteiger partial charge in [-0.1, -0.05) is 0 Å². The second-order valence-electron chi connectivity index (χ2n) is 1.69. The number of rotatable bonds is 4. The molecule has 0 aromatic carbocycles. The summed E-state index contributed by atoms with van der Waals surface area (Å²) in [7, 11) is -3.06. The number of hydrogen-bond donors (Lipinski definition) is 2. The molecule has 12 heavy (non-hydrogen) atoms. The van der Waals surface area contributed by atoms with Crippen molar-refractivity contribution in [3.63, 3.8) is 0 Å². The van der Waals surface area contributed by atoms with Gasteiger partial charge in [0.1, 0.15) is 0 Å². The molecular formula is C4H8F3O4P. The van der Waals surface area contributed by atoms with E-state index in [4.69, 9.17) is 9.79 Å². The fourth-order valence-electron chi connectivity index (χ4n) is 0.422. The van der Waals surface area contributed by atoms with E-state index in [1.807, 2.05) is 0 Å². The van der Waals surface area contributed by atoms with Crippen LogP contribution in [0.25, 0.3) is 0 Å². The van der Waals surface area contributed by atoms with Gasteiger partial charge >= 0.3 is 14.8 Å². The molecule has 0 aliphatic heterocycles. The normalized spacial score (nSPS) is 15.2. The third kappa shape index (κ3) is 4.84. The Morgan fingerprint density at radius 2 is 1.92 bits per heavy atom. The van der Waals surface area contributed by atoms with Crippen molar-refractivity contribution in [2.75, 3.05) is 6.61 Å². The summed E-state index contributed by atoms with van der Waals surface area (Å²) in [4.78, 5) is 16.3. The molecule has 1 unspecified atom stereocenters. The Bertz CT molecular complexity index is 128. The van der Waals surface area contributed by atoms with E-state index < -0.39 is 21.1 Å². The average Bonchev–Trinajstić information content (AvgIpc) is 1.83. The SMILES string of the molecule is CCOC(OP(O)O)C(F)(F)F. The first-order chi connectivity index (χ1) is 5.38. The number of hydrogen-bond acceptors (Lipinski definition) is 4. The maximum absolute atomic E-state index is 11.8. The lowest BCUT2D eigenvalue weighted by molar-refractivity contribution is -0.282. The predicted molar refractivity (Wildman–Crippen MR) is 33.9 cm³/mol. The smallest absolute Gasteiger partial charge is 0.345 e. The molecule has 0 spiro atoms. The van der Waals surface area contributed by atoms with Crippen LogP contribution in [0.15, 0.2) is 0 Å². The van der Waals surface area contributed by atoms with Crippen LogP contribution in [0.3, 0.4) is 0 Å². The minimum absolute atomic E-state index is 0.229. The second-order valence-corrected chi connectivity index (χ2v) is 2.40. The van der Waals surface area contributed by atoms with Gasteiger partial charge in [0, 0.05) is 6.61 Å². The standard InChI is InChI=1S/C4H8F3O4P/c1-2-10-3(4(5,6)7)11-12(8)9/h3,8-9H,2H2,1H3. The minimum Gasteiger partial charge on any atom is -0.345 e. The van der Waals surface area contributed by atoms with Gasteiger partial charge in [-0.2, -0.15) is 13.2 Å². The highest BCUT2D eigenvalue weighted by atomic mass is 31.2. The summed E-state index contributed by atoms with van der Waals surface area (Å²) in [6.45, 7) is 1.10.